The fourth-order valence-electron chi connectivity index (χ4n) is 1.33. The van der Waals surface area contributed by atoms with E-state index in [-0.39, 0.29) is 0 Å². The van der Waals surface area contributed by atoms with E-state index in [1.165, 1.54) is 4.90 Å². The van der Waals surface area contributed by atoms with Crippen molar-refractivity contribution in [1.29, 1.82) is 0 Å². The monoisotopic (exact) mass is 294 g/mol. The summed E-state index contributed by atoms with van der Waals surface area (Å²) in [7, 11) is 0. The van der Waals surface area contributed by atoms with Crippen molar-refractivity contribution >= 4 is 27.7 Å². The minimum Gasteiger partial charge on any atom is -0.326 e. The zero-order valence-electron chi connectivity index (χ0n) is 8.56. The molecule has 2 nitrogen and oxygen atoms in total. The van der Waals surface area contributed by atoms with E-state index in [9.17, 15) is 0 Å². The molecule has 0 unspecified atom stereocenters. The van der Waals surface area contributed by atoms with E-state index in [0.29, 0.717) is 6.54 Å². The first-order valence-electron chi connectivity index (χ1n) is 4.86. The van der Waals surface area contributed by atoms with E-state index in [2.05, 4.69) is 33.0 Å². The highest BCUT2D eigenvalue weighted by atomic mass is 79.9. The Kier molecular flexibility index (Phi) is 3.98. The summed E-state index contributed by atoms with van der Waals surface area (Å²) in [6.45, 7) is 0.541. The van der Waals surface area contributed by atoms with Gasteiger partial charge >= 0.3 is 0 Å². The van der Waals surface area contributed by atoms with Crippen LogP contribution in [0.1, 0.15) is 5.56 Å². The fraction of sp³-hybridized carbons (Fsp3) is 0.0833. The first-order chi connectivity index (χ1) is 7.79. The Hall–Kier alpha value is -0.840. The Bertz CT molecular complexity index is 488. The quantitative estimate of drug-likeness (QED) is 0.942. The van der Waals surface area contributed by atoms with Gasteiger partial charge in [0.15, 0.2) is 0 Å². The maximum atomic E-state index is 5.68. The topological polar surface area (TPSA) is 38.9 Å². The number of hydrogen-bond donors (Lipinski definition) is 1. The normalized spacial score (nSPS) is 10.4. The zero-order valence-corrected chi connectivity index (χ0v) is 11.0. The molecule has 0 radical (unpaired) electrons. The highest BCUT2D eigenvalue weighted by Gasteiger charge is 2.03. The highest BCUT2D eigenvalue weighted by Crippen LogP contribution is 2.31. The molecule has 0 aliphatic heterocycles. The molecular formula is C12H11BrN2S. The molecule has 0 saturated heterocycles. The van der Waals surface area contributed by atoms with Crippen LogP contribution in [0, 0.1) is 0 Å². The second kappa shape index (κ2) is 5.48. The van der Waals surface area contributed by atoms with Gasteiger partial charge in [-0.05, 0) is 29.8 Å². The van der Waals surface area contributed by atoms with Crippen LogP contribution >= 0.6 is 27.7 Å². The van der Waals surface area contributed by atoms with Crippen molar-refractivity contribution in [3.05, 3.63) is 52.8 Å². The molecule has 0 amide bonds. The van der Waals surface area contributed by atoms with Crippen LogP contribution in [0.15, 0.2) is 57.0 Å². The number of hydrogen-bond acceptors (Lipinski definition) is 3. The second-order valence-electron chi connectivity index (χ2n) is 3.25. The van der Waals surface area contributed by atoms with Gasteiger partial charge in [-0.2, -0.15) is 0 Å². The van der Waals surface area contributed by atoms with Gasteiger partial charge in [0.25, 0.3) is 0 Å². The smallest absolute Gasteiger partial charge is 0.0410 e. The summed E-state index contributed by atoms with van der Waals surface area (Å²) >= 11 is 5.14. The second-order valence-corrected chi connectivity index (χ2v) is 5.28. The average Bonchev–Trinajstić information content (AvgIpc) is 2.30. The van der Waals surface area contributed by atoms with Crippen LogP contribution in [0.5, 0.6) is 0 Å². The molecule has 0 atom stereocenters. The summed E-state index contributed by atoms with van der Waals surface area (Å²) in [5.74, 6) is 0. The van der Waals surface area contributed by atoms with Crippen molar-refractivity contribution in [3.63, 3.8) is 0 Å². The molecule has 82 valence electrons. The van der Waals surface area contributed by atoms with Crippen LogP contribution in [-0.2, 0) is 6.54 Å². The summed E-state index contributed by atoms with van der Waals surface area (Å²) in [4.78, 5) is 6.42. The van der Waals surface area contributed by atoms with Gasteiger partial charge in [0.2, 0.25) is 0 Å². The molecule has 1 aromatic heterocycles. The number of aromatic nitrogens is 1. The van der Waals surface area contributed by atoms with Gasteiger partial charge in [0.1, 0.15) is 0 Å². The van der Waals surface area contributed by atoms with E-state index >= 15 is 0 Å². The third kappa shape index (κ3) is 2.84. The Balaban J connectivity index is 2.26. The molecule has 0 aliphatic rings. The van der Waals surface area contributed by atoms with E-state index < -0.39 is 0 Å². The SMILES string of the molecule is NCc1ccncc1Sc1cccc(Br)c1. The zero-order chi connectivity index (χ0) is 11.4. The van der Waals surface area contributed by atoms with Gasteiger partial charge in [-0.1, -0.05) is 33.8 Å². The highest BCUT2D eigenvalue weighted by molar-refractivity contribution is 9.10. The predicted octanol–water partition coefficient (Wildman–Crippen LogP) is 3.45. The largest absolute Gasteiger partial charge is 0.326 e. The third-order valence-electron chi connectivity index (χ3n) is 2.11. The summed E-state index contributed by atoms with van der Waals surface area (Å²) in [6.07, 6.45) is 3.63. The van der Waals surface area contributed by atoms with E-state index in [1.54, 1.807) is 18.0 Å². The molecule has 1 heterocycles. The van der Waals surface area contributed by atoms with E-state index in [0.717, 1.165) is 14.9 Å². The van der Waals surface area contributed by atoms with Crippen molar-refractivity contribution in [2.45, 2.75) is 16.3 Å². The van der Waals surface area contributed by atoms with Crippen molar-refractivity contribution < 1.29 is 0 Å². The summed E-state index contributed by atoms with van der Waals surface area (Å²) in [6, 6.07) is 10.1. The van der Waals surface area contributed by atoms with Gasteiger partial charge in [0.05, 0.1) is 0 Å². The molecule has 2 aromatic rings. The number of benzene rings is 1. The predicted molar refractivity (Wildman–Crippen MR) is 70.4 cm³/mol. The average molecular weight is 295 g/mol. The lowest BCUT2D eigenvalue weighted by atomic mass is 10.3. The molecule has 0 spiro atoms. The number of nitrogens with zero attached hydrogens (tertiary/aromatic N) is 1. The summed E-state index contributed by atoms with van der Waals surface area (Å²) < 4.78 is 1.08. The molecular weight excluding hydrogens is 284 g/mol. The Morgan fingerprint density at radius 1 is 1.31 bits per heavy atom. The van der Waals surface area contributed by atoms with Crippen molar-refractivity contribution in [2.75, 3.05) is 0 Å². The van der Waals surface area contributed by atoms with Crippen LogP contribution in [0.2, 0.25) is 0 Å². The van der Waals surface area contributed by atoms with Crippen molar-refractivity contribution in [1.82, 2.24) is 4.98 Å². The fourth-order valence-corrected chi connectivity index (χ4v) is 2.86. The Morgan fingerprint density at radius 3 is 2.94 bits per heavy atom. The van der Waals surface area contributed by atoms with Gasteiger partial charge in [-0.15, -0.1) is 0 Å². The van der Waals surface area contributed by atoms with Crippen molar-refractivity contribution in [2.24, 2.45) is 5.73 Å². The first kappa shape index (κ1) is 11.6. The summed E-state index contributed by atoms with van der Waals surface area (Å²) in [5, 5.41) is 0. The van der Waals surface area contributed by atoms with Gasteiger partial charge < -0.3 is 5.73 Å². The maximum absolute atomic E-state index is 5.68. The lowest BCUT2D eigenvalue weighted by molar-refractivity contribution is 1.00. The number of nitrogens with two attached hydrogens (primary N) is 1. The lowest BCUT2D eigenvalue weighted by Crippen LogP contribution is -1.98. The third-order valence-corrected chi connectivity index (χ3v) is 3.68. The molecule has 0 fully saturated rings. The molecule has 2 N–H and O–H groups in total. The van der Waals surface area contributed by atoms with Gasteiger partial charge in [0, 0.05) is 33.2 Å². The summed E-state index contributed by atoms with van der Waals surface area (Å²) in [5.41, 5.74) is 6.81. The van der Waals surface area contributed by atoms with Gasteiger partial charge in [-0.25, -0.2) is 0 Å². The van der Waals surface area contributed by atoms with Gasteiger partial charge in [-0.3, -0.25) is 4.98 Å². The Labute approximate surface area is 107 Å². The van der Waals surface area contributed by atoms with E-state index in [1.807, 2.05) is 24.4 Å². The first-order valence-corrected chi connectivity index (χ1v) is 6.47. The maximum Gasteiger partial charge on any atom is 0.0410 e. The standard InChI is InChI=1S/C12H11BrN2S/c13-10-2-1-3-11(6-10)16-12-8-15-5-4-9(12)7-14/h1-6,8H,7,14H2. The van der Waals surface area contributed by atoms with Crippen LogP contribution in [0.4, 0.5) is 0 Å². The van der Waals surface area contributed by atoms with Crippen LogP contribution in [0.25, 0.3) is 0 Å². The minimum absolute atomic E-state index is 0.541. The van der Waals surface area contributed by atoms with Crippen LogP contribution in [0.3, 0.4) is 0 Å². The lowest BCUT2D eigenvalue weighted by Gasteiger charge is -2.06. The number of halogens is 1. The molecule has 2 rings (SSSR count). The van der Waals surface area contributed by atoms with E-state index in [4.69, 9.17) is 5.73 Å². The molecule has 0 aliphatic carbocycles. The van der Waals surface area contributed by atoms with Crippen molar-refractivity contribution in [3.8, 4) is 0 Å². The number of pyridine rings is 1. The number of rotatable bonds is 3. The molecule has 16 heavy (non-hydrogen) atoms. The van der Waals surface area contributed by atoms with Crippen LogP contribution in [-0.4, -0.2) is 4.98 Å². The molecule has 0 saturated carbocycles. The minimum atomic E-state index is 0.541. The van der Waals surface area contributed by atoms with Crippen LogP contribution < -0.4 is 5.73 Å². The molecule has 0 bridgehead atoms. The molecule has 4 heteroatoms. The Morgan fingerprint density at radius 2 is 2.19 bits per heavy atom. The molecule has 1 aromatic carbocycles.